The van der Waals surface area contributed by atoms with Crippen LogP contribution in [0.3, 0.4) is 0 Å². The van der Waals surface area contributed by atoms with E-state index in [1.54, 1.807) is 29.8 Å². The Morgan fingerprint density at radius 2 is 1.90 bits per heavy atom. The lowest BCUT2D eigenvalue weighted by atomic mass is 10.2. The number of aryl methyl sites for hydroxylation is 1. The van der Waals surface area contributed by atoms with Crippen molar-refractivity contribution in [2.24, 2.45) is 4.40 Å². The number of aromatic nitrogens is 2. The van der Waals surface area contributed by atoms with Gasteiger partial charge >= 0.3 is 10.2 Å². The first-order valence-electron chi connectivity index (χ1n) is 8.63. The predicted molar refractivity (Wildman–Crippen MR) is 107 cm³/mol. The largest absolute Gasteiger partial charge is 0.463 e. The van der Waals surface area contributed by atoms with Gasteiger partial charge in [-0.25, -0.2) is 8.99 Å². The molecule has 0 radical (unpaired) electrons. The number of nitrogens with zero attached hydrogens (tertiary/aromatic N) is 4. The highest BCUT2D eigenvalue weighted by molar-refractivity contribution is 7.88. The number of hydrogen-bond donors (Lipinski definition) is 1. The summed E-state index contributed by atoms with van der Waals surface area (Å²) in [5, 5.41) is 7.13. The summed E-state index contributed by atoms with van der Waals surface area (Å²) in [6, 6.07) is 14.2. The van der Waals surface area contributed by atoms with E-state index in [-0.39, 0.29) is 17.2 Å². The van der Waals surface area contributed by atoms with E-state index >= 15 is 0 Å². The van der Waals surface area contributed by atoms with E-state index in [9.17, 15) is 13.2 Å². The van der Waals surface area contributed by atoms with Gasteiger partial charge in [-0.2, -0.15) is 13.5 Å². The van der Waals surface area contributed by atoms with Gasteiger partial charge in [0.2, 0.25) is 0 Å². The fourth-order valence-electron chi connectivity index (χ4n) is 2.84. The van der Waals surface area contributed by atoms with Crippen LogP contribution >= 0.6 is 0 Å². The van der Waals surface area contributed by atoms with E-state index in [2.05, 4.69) is 14.8 Å². The van der Waals surface area contributed by atoms with Gasteiger partial charge in [-0.3, -0.25) is 4.79 Å². The molecule has 0 atom stereocenters. The number of furan rings is 1. The van der Waals surface area contributed by atoms with Crippen LogP contribution in [0, 0.1) is 6.92 Å². The highest BCUT2D eigenvalue weighted by Crippen LogP contribution is 2.22. The first-order chi connectivity index (χ1) is 13.8. The molecule has 29 heavy (non-hydrogen) atoms. The zero-order chi connectivity index (χ0) is 20.6. The normalized spacial score (nSPS) is 15.6. The molecule has 1 aliphatic rings. The maximum Gasteiger partial charge on any atom is 0.345 e. The van der Waals surface area contributed by atoms with E-state index < -0.39 is 16.1 Å². The van der Waals surface area contributed by atoms with Crippen LogP contribution in [-0.4, -0.2) is 41.2 Å². The van der Waals surface area contributed by atoms with E-state index in [0.29, 0.717) is 11.5 Å². The molecule has 9 nitrogen and oxygen atoms in total. The minimum absolute atomic E-state index is 0.0472. The lowest BCUT2D eigenvalue weighted by Crippen LogP contribution is -2.35. The van der Waals surface area contributed by atoms with E-state index in [4.69, 9.17) is 4.42 Å². The summed E-state index contributed by atoms with van der Waals surface area (Å²) in [6.45, 7) is 1.80. The smallest absolute Gasteiger partial charge is 0.345 e. The third-order valence-corrected chi connectivity index (χ3v) is 5.57. The molecule has 1 aromatic carbocycles. The first-order valence-corrected chi connectivity index (χ1v) is 10.0. The molecule has 0 bridgehead atoms. The first kappa shape index (κ1) is 18.7. The number of rotatable bonds is 4. The third-order valence-electron chi connectivity index (χ3n) is 4.25. The molecule has 0 fully saturated rings. The van der Waals surface area contributed by atoms with Crippen LogP contribution in [-0.2, 0) is 15.0 Å². The number of anilines is 1. The van der Waals surface area contributed by atoms with Crippen LogP contribution in [0.1, 0.15) is 11.5 Å². The average molecular weight is 411 g/mol. The Bertz CT molecular complexity index is 1220. The number of para-hydroxylation sites is 1. The number of benzene rings is 1. The van der Waals surface area contributed by atoms with Crippen molar-refractivity contribution < 1.29 is 17.6 Å². The highest BCUT2D eigenvalue weighted by Gasteiger charge is 2.31. The Morgan fingerprint density at radius 1 is 1.14 bits per heavy atom. The number of amides is 1. The van der Waals surface area contributed by atoms with Gasteiger partial charge in [0, 0.05) is 13.1 Å². The summed E-state index contributed by atoms with van der Waals surface area (Å²) in [5.41, 5.74) is 1.41. The van der Waals surface area contributed by atoms with Crippen molar-refractivity contribution in [3.8, 4) is 5.69 Å². The maximum atomic E-state index is 13.0. The van der Waals surface area contributed by atoms with E-state index in [0.717, 1.165) is 9.99 Å². The highest BCUT2D eigenvalue weighted by atomic mass is 32.2. The van der Waals surface area contributed by atoms with Gasteiger partial charge < -0.3 is 9.73 Å². The minimum atomic E-state index is -4.07. The summed E-state index contributed by atoms with van der Waals surface area (Å²) >= 11 is 0. The number of carbonyl (C=O) groups excluding carboxylic acids is 1. The molecule has 1 amide bonds. The number of nitrogens with one attached hydrogen (secondary N) is 1. The minimum Gasteiger partial charge on any atom is -0.463 e. The summed E-state index contributed by atoms with van der Waals surface area (Å²) in [7, 11) is -2.80. The van der Waals surface area contributed by atoms with Crippen molar-refractivity contribution in [1.29, 1.82) is 0 Å². The van der Waals surface area contributed by atoms with Crippen molar-refractivity contribution in [3.63, 3.8) is 0 Å². The Balaban J connectivity index is 1.69. The zero-order valence-electron chi connectivity index (χ0n) is 15.6. The average Bonchev–Trinajstić information content (AvgIpc) is 3.34. The second-order valence-corrected chi connectivity index (χ2v) is 7.93. The quantitative estimate of drug-likeness (QED) is 0.708. The number of hydrogen-bond acceptors (Lipinski definition) is 5. The van der Waals surface area contributed by atoms with Gasteiger partial charge in [0.25, 0.3) is 5.91 Å². The van der Waals surface area contributed by atoms with E-state index in [1.807, 2.05) is 30.3 Å². The molecule has 148 valence electrons. The molecule has 3 aromatic rings. The zero-order valence-corrected chi connectivity index (χ0v) is 16.4. The van der Waals surface area contributed by atoms with Crippen molar-refractivity contribution in [2.75, 3.05) is 12.4 Å². The molecule has 4 rings (SSSR count). The Labute approximate surface area is 167 Å². The van der Waals surface area contributed by atoms with Gasteiger partial charge in [-0.15, -0.1) is 4.40 Å². The van der Waals surface area contributed by atoms with Gasteiger partial charge in [-0.1, -0.05) is 18.2 Å². The summed E-state index contributed by atoms with van der Waals surface area (Å²) in [6.07, 6.45) is 2.77. The summed E-state index contributed by atoms with van der Waals surface area (Å²) < 4.78 is 36.1. The Kier molecular flexibility index (Phi) is 4.55. The van der Waals surface area contributed by atoms with Gasteiger partial charge in [0.1, 0.15) is 17.2 Å². The molecule has 0 unspecified atom stereocenters. The lowest BCUT2D eigenvalue weighted by molar-refractivity contribution is -0.113. The monoisotopic (exact) mass is 411 g/mol. The Morgan fingerprint density at radius 3 is 2.59 bits per heavy atom. The Hall–Kier alpha value is -3.66. The second-order valence-electron chi connectivity index (χ2n) is 6.30. The maximum absolute atomic E-state index is 13.0. The molecular weight excluding hydrogens is 394 g/mol. The molecular formula is C19H17N5O4S. The van der Waals surface area contributed by atoms with Gasteiger partial charge in [0.05, 0.1) is 17.6 Å². The summed E-state index contributed by atoms with van der Waals surface area (Å²) in [4.78, 5) is 13.0. The molecule has 1 N–H and O–H groups in total. The summed E-state index contributed by atoms with van der Waals surface area (Å²) in [5.74, 6) is 0.0386. The second kappa shape index (κ2) is 7.06. The fourth-order valence-corrected chi connectivity index (χ4v) is 3.74. The molecule has 0 aliphatic carbocycles. The van der Waals surface area contributed by atoms with Gasteiger partial charge in [0.15, 0.2) is 5.76 Å². The molecule has 10 heteroatoms. The third kappa shape index (κ3) is 3.57. The van der Waals surface area contributed by atoms with Crippen molar-refractivity contribution in [2.45, 2.75) is 6.92 Å². The van der Waals surface area contributed by atoms with Crippen molar-refractivity contribution in [1.82, 2.24) is 14.1 Å². The van der Waals surface area contributed by atoms with E-state index in [1.165, 1.54) is 19.4 Å². The molecule has 2 aromatic heterocycles. The van der Waals surface area contributed by atoms with Crippen LogP contribution in [0.2, 0.25) is 0 Å². The standard InChI is InChI=1S/C19H17N5O4S/c1-13-11-18(24(21-13)14-7-4-3-5-8-14)20-19(25)16-12-15(17-9-6-10-28-17)22-29(26,27)23(16)2/h3-12H,1-2H3,(H,20,25). The van der Waals surface area contributed by atoms with Crippen molar-refractivity contribution >= 4 is 27.6 Å². The van der Waals surface area contributed by atoms with Gasteiger partial charge in [-0.05, 0) is 37.3 Å². The number of allylic oxidation sites excluding steroid dienone is 1. The lowest BCUT2D eigenvalue weighted by Gasteiger charge is -2.23. The number of likely N-dealkylation sites (N-methyl/N-ethyl adjacent to an activating group) is 1. The van der Waals surface area contributed by atoms with Crippen molar-refractivity contribution in [3.05, 3.63) is 78.0 Å². The topological polar surface area (TPSA) is 110 Å². The van der Waals surface area contributed by atoms with Crippen LogP contribution in [0.5, 0.6) is 0 Å². The number of carbonyl (C=O) groups is 1. The predicted octanol–water partition coefficient (Wildman–Crippen LogP) is 2.28. The fraction of sp³-hybridized carbons (Fsp3) is 0.105. The van der Waals surface area contributed by atoms with Crippen LogP contribution in [0.25, 0.3) is 5.69 Å². The molecule has 0 spiro atoms. The van der Waals surface area contributed by atoms with Crippen LogP contribution < -0.4 is 5.32 Å². The molecule has 0 saturated carbocycles. The van der Waals surface area contributed by atoms with Crippen LogP contribution in [0.15, 0.2) is 75.4 Å². The molecule has 3 heterocycles. The van der Waals surface area contributed by atoms with Crippen LogP contribution in [0.4, 0.5) is 5.82 Å². The molecule has 0 saturated heterocycles. The molecule has 1 aliphatic heterocycles. The SMILES string of the molecule is Cc1cc(NC(=O)C2=CC(c3ccco3)=NS(=O)(=O)N2C)n(-c2ccccc2)n1.